The number of nitrogens with two attached hydrogens (primary N) is 1. The Labute approximate surface area is 74.2 Å². The summed E-state index contributed by atoms with van der Waals surface area (Å²) in [5.41, 5.74) is 5.67. The number of hydrogen-bond acceptors (Lipinski definition) is 3. The van der Waals surface area contributed by atoms with Crippen molar-refractivity contribution in [3.8, 4) is 0 Å². The van der Waals surface area contributed by atoms with Crippen LogP contribution in [0.15, 0.2) is 12.3 Å². The van der Waals surface area contributed by atoms with Gasteiger partial charge in [-0.2, -0.15) is 0 Å². The third kappa shape index (κ3) is 1.81. The third-order valence-corrected chi connectivity index (χ3v) is 1.60. The lowest BCUT2D eigenvalue weighted by molar-refractivity contribution is 0.0689. The summed E-state index contributed by atoms with van der Waals surface area (Å²) in [4.78, 5) is 24.8. The first kappa shape index (κ1) is 9.18. The van der Waals surface area contributed by atoms with E-state index in [2.05, 4.69) is 4.98 Å². The van der Waals surface area contributed by atoms with E-state index in [1.165, 1.54) is 12.3 Å². The van der Waals surface area contributed by atoms with Crippen LogP contribution in [0.25, 0.3) is 0 Å². The molecule has 0 bridgehead atoms. The van der Waals surface area contributed by atoms with Crippen LogP contribution in [-0.2, 0) is 0 Å². The van der Waals surface area contributed by atoms with Gasteiger partial charge in [0.2, 0.25) is 0 Å². The fraction of sp³-hybridized carbons (Fsp3) is 0.125. The first-order valence-corrected chi connectivity index (χ1v) is 3.52. The van der Waals surface area contributed by atoms with E-state index in [4.69, 9.17) is 10.8 Å². The van der Waals surface area contributed by atoms with E-state index in [0.29, 0.717) is 5.56 Å². The van der Waals surface area contributed by atoms with Gasteiger partial charge in [-0.25, -0.2) is 9.78 Å². The van der Waals surface area contributed by atoms with Gasteiger partial charge in [0, 0.05) is 6.20 Å². The Bertz CT molecular complexity index is 374. The number of carbonyl (C=O) groups is 2. The number of primary amides is 1. The lowest BCUT2D eigenvalue weighted by Crippen LogP contribution is -2.14. The van der Waals surface area contributed by atoms with E-state index in [0.717, 1.165) is 0 Å². The minimum absolute atomic E-state index is 0.0949. The smallest absolute Gasteiger partial charge is 0.354 e. The molecule has 1 heterocycles. The molecule has 0 aliphatic carbocycles. The first-order chi connectivity index (χ1) is 6.02. The molecule has 0 aliphatic rings. The minimum atomic E-state index is -1.13. The molecule has 5 heteroatoms. The van der Waals surface area contributed by atoms with E-state index in [1.807, 2.05) is 0 Å². The van der Waals surface area contributed by atoms with Crippen molar-refractivity contribution in [1.29, 1.82) is 0 Å². The fourth-order valence-corrected chi connectivity index (χ4v) is 0.931. The fourth-order valence-electron chi connectivity index (χ4n) is 0.931. The van der Waals surface area contributed by atoms with Crippen LogP contribution >= 0.6 is 0 Å². The molecule has 0 aromatic carbocycles. The lowest BCUT2D eigenvalue weighted by Gasteiger charge is -2.00. The summed E-state index contributed by atoms with van der Waals surface area (Å²) in [7, 11) is 0. The predicted molar refractivity (Wildman–Crippen MR) is 44.5 cm³/mol. The average Bonchev–Trinajstić information content (AvgIpc) is 2.03. The Balaban J connectivity index is 3.20. The normalized spacial score (nSPS) is 9.62. The van der Waals surface area contributed by atoms with Crippen LogP contribution in [0, 0.1) is 6.92 Å². The van der Waals surface area contributed by atoms with E-state index >= 15 is 0 Å². The monoisotopic (exact) mass is 180 g/mol. The van der Waals surface area contributed by atoms with Crippen molar-refractivity contribution < 1.29 is 14.7 Å². The van der Waals surface area contributed by atoms with Gasteiger partial charge in [-0.3, -0.25) is 4.79 Å². The van der Waals surface area contributed by atoms with Crippen LogP contribution in [0.4, 0.5) is 0 Å². The maximum absolute atomic E-state index is 10.7. The molecule has 5 nitrogen and oxygen atoms in total. The Morgan fingerprint density at radius 3 is 2.54 bits per heavy atom. The van der Waals surface area contributed by atoms with Crippen LogP contribution in [0.5, 0.6) is 0 Å². The summed E-state index contributed by atoms with van der Waals surface area (Å²) in [6, 6.07) is 1.31. The number of aryl methyl sites for hydroxylation is 1. The molecule has 0 fully saturated rings. The molecule has 13 heavy (non-hydrogen) atoms. The highest BCUT2D eigenvalue weighted by atomic mass is 16.4. The van der Waals surface area contributed by atoms with Crippen LogP contribution in [0.3, 0.4) is 0 Å². The number of pyridine rings is 1. The van der Waals surface area contributed by atoms with Crippen molar-refractivity contribution in [3.63, 3.8) is 0 Å². The Kier molecular flexibility index (Phi) is 2.27. The van der Waals surface area contributed by atoms with Gasteiger partial charge < -0.3 is 10.8 Å². The number of aromatic carboxylic acids is 1. The second kappa shape index (κ2) is 3.22. The number of hydrogen-bond donors (Lipinski definition) is 2. The largest absolute Gasteiger partial charge is 0.477 e. The summed E-state index contributed by atoms with van der Waals surface area (Å²) in [5.74, 6) is -1.74. The third-order valence-electron chi connectivity index (χ3n) is 1.60. The second-order valence-electron chi connectivity index (χ2n) is 2.55. The number of rotatable bonds is 2. The van der Waals surface area contributed by atoms with Crippen molar-refractivity contribution in [1.82, 2.24) is 4.98 Å². The van der Waals surface area contributed by atoms with Crippen molar-refractivity contribution in [2.45, 2.75) is 6.92 Å². The number of carboxylic acid groups (broad SMARTS) is 1. The molecule has 1 aromatic heterocycles. The van der Waals surface area contributed by atoms with Crippen molar-refractivity contribution in [2.75, 3.05) is 0 Å². The van der Waals surface area contributed by atoms with E-state index in [9.17, 15) is 9.59 Å². The summed E-state index contributed by atoms with van der Waals surface area (Å²) < 4.78 is 0. The van der Waals surface area contributed by atoms with Gasteiger partial charge in [0.1, 0.15) is 5.69 Å². The van der Waals surface area contributed by atoms with Crippen molar-refractivity contribution in [2.24, 2.45) is 5.73 Å². The zero-order valence-electron chi connectivity index (χ0n) is 6.94. The summed E-state index contributed by atoms with van der Waals surface area (Å²) in [5, 5.41) is 8.56. The van der Waals surface area contributed by atoms with Gasteiger partial charge in [0.25, 0.3) is 5.91 Å². The molecule has 0 aliphatic heterocycles. The Hall–Kier alpha value is -1.91. The molecule has 3 N–H and O–H groups in total. The second-order valence-corrected chi connectivity index (χ2v) is 2.55. The number of carbonyl (C=O) groups excluding carboxylic acids is 1. The highest BCUT2D eigenvalue weighted by Gasteiger charge is 2.09. The molecule has 0 unspecified atom stereocenters. The van der Waals surface area contributed by atoms with Crippen LogP contribution in [-0.4, -0.2) is 22.0 Å². The predicted octanol–water partition coefficient (Wildman–Crippen LogP) is 0.187. The maximum atomic E-state index is 10.7. The quantitative estimate of drug-likeness (QED) is 0.679. The summed E-state index contributed by atoms with van der Waals surface area (Å²) >= 11 is 0. The van der Waals surface area contributed by atoms with Crippen LogP contribution in [0.1, 0.15) is 26.4 Å². The van der Waals surface area contributed by atoms with E-state index in [1.54, 1.807) is 6.92 Å². The first-order valence-electron chi connectivity index (χ1n) is 3.52. The number of nitrogens with zero attached hydrogens (tertiary/aromatic N) is 1. The SMILES string of the molecule is Cc1cc(C(=O)O)ncc1C(N)=O. The summed E-state index contributed by atoms with van der Waals surface area (Å²) in [6.07, 6.45) is 1.17. The Morgan fingerprint density at radius 1 is 1.54 bits per heavy atom. The van der Waals surface area contributed by atoms with Crippen molar-refractivity contribution >= 4 is 11.9 Å². The average molecular weight is 180 g/mol. The van der Waals surface area contributed by atoms with E-state index < -0.39 is 11.9 Å². The van der Waals surface area contributed by atoms with E-state index in [-0.39, 0.29) is 11.3 Å². The molecule has 0 radical (unpaired) electrons. The molecule has 68 valence electrons. The maximum Gasteiger partial charge on any atom is 0.354 e. The van der Waals surface area contributed by atoms with Gasteiger partial charge in [-0.1, -0.05) is 0 Å². The topological polar surface area (TPSA) is 93.3 Å². The zero-order valence-corrected chi connectivity index (χ0v) is 6.94. The van der Waals surface area contributed by atoms with Gasteiger partial charge in [0.05, 0.1) is 5.56 Å². The number of carboxylic acids is 1. The molecule has 0 saturated carbocycles. The lowest BCUT2D eigenvalue weighted by atomic mass is 10.1. The van der Waals surface area contributed by atoms with Gasteiger partial charge in [0.15, 0.2) is 0 Å². The molecular weight excluding hydrogens is 172 g/mol. The highest BCUT2D eigenvalue weighted by molar-refractivity contribution is 5.95. The molecule has 1 aromatic rings. The minimum Gasteiger partial charge on any atom is -0.477 e. The number of amides is 1. The molecule has 1 rings (SSSR count). The highest BCUT2D eigenvalue weighted by Crippen LogP contribution is 2.07. The number of aromatic nitrogens is 1. The molecule has 0 saturated heterocycles. The molecule has 0 atom stereocenters. The Morgan fingerprint density at radius 2 is 2.15 bits per heavy atom. The zero-order chi connectivity index (χ0) is 10.0. The van der Waals surface area contributed by atoms with Gasteiger partial charge in [-0.05, 0) is 18.6 Å². The molecule has 1 amide bonds. The van der Waals surface area contributed by atoms with Gasteiger partial charge in [-0.15, -0.1) is 0 Å². The van der Waals surface area contributed by atoms with Crippen LogP contribution in [0.2, 0.25) is 0 Å². The van der Waals surface area contributed by atoms with Crippen molar-refractivity contribution in [3.05, 3.63) is 29.1 Å². The molecule has 0 spiro atoms. The van der Waals surface area contributed by atoms with Gasteiger partial charge >= 0.3 is 5.97 Å². The molecular formula is C8H8N2O3. The van der Waals surface area contributed by atoms with Crippen LogP contribution < -0.4 is 5.73 Å². The summed E-state index contributed by atoms with van der Waals surface area (Å²) in [6.45, 7) is 1.61. The standard InChI is InChI=1S/C8H8N2O3/c1-4-2-6(8(12)13)10-3-5(4)7(9)11/h2-3H,1H3,(H2,9,11)(H,12,13).